The third-order valence-electron chi connectivity index (χ3n) is 3.95. The molecule has 5 nitrogen and oxygen atoms in total. The van der Waals surface area contributed by atoms with Gasteiger partial charge in [-0.05, 0) is 74.4 Å². The third-order valence-corrected chi connectivity index (χ3v) is 4.17. The monoisotopic (exact) mass is 372 g/mol. The number of benzene rings is 2. The van der Waals surface area contributed by atoms with Crippen LogP contribution in [0.2, 0.25) is 0 Å². The van der Waals surface area contributed by atoms with Gasteiger partial charge in [0.05, 0.1) is 25.3 Å². The molecule has 138 valence electrons. The van der Waals surface area contributed by atoms with E-state index in [0.717, 1.165) is 22.6 Å². The Morgan fingerprint density at radius 1 is 1.19 bits per heavy atom. The standard InChI is InChI=1S/C20H24N2O3S/c1-5-25-19(23)16-8-11-18(13(2)12-16)22-20(26)21-14(3)15-6-9-17(24-4)10-7-15/h6-12,14H,5H2,1-4H3,(H2,21,22,26)/t14-/m1/s1. The second kappa shape index (κ2) is 9.20. The molecule has 2 rings (SSSR count). The van der Waals surface area contributed by atoms with E-state index in [1.807, 2.05) is 44.2 Å². The lowest BCUT2D eigenvalue weighted by Gasteiger charge is -2.18. The average molecular weight is 372 g/mol. The molecule has 0 spiro atoms. The van der Waals surface area contributed by atoms with E-state index < -0.39 is 0 Å². The van der Waals surface area contributed by atoms with E-state index in [0.29, 0.717) is 17.3 Å². The zero-order valence-electron chi connectivity index (χ0n) is 15.5. The van der Waals surface area contributed by atoms with Crippen LogP contribution in [0.1, 0.15) is 41.4 Å². The van der Waals surface area contributed by atoms with Gasteiger partial charge in [-0.2, -0.15) is 0 Å². The van der Waals surface area contributed by atoms with Crippen LogP contribution in [-0.2, 0) is 4.74 Å². The van der Waals surface area contributed by atoms with Gasteiger partial charge in [0.25, 0.3) is 0 Å². The quantitative estimate of drug-likeness (QED) is 0.585. The third kappa shape index (κ3) is 5.20. The molecule has 0 amide bonds. The van der Waals surface area contributed by atoms with Gasteiger partial charge in [0.2, 0.25) is 0 Å². The van der Waals surface area contributed by atoms with Gasteiger partial charge in [-0.3, -0.25) is 0 Å². The first-order valence-electron chi connectivity index (χ1n) is 8.43. The number of rotatable bonds is 6. The molecule has 0 saturated carbocycles. The Balaban J connectivity index is 1.99. The van der Waals surface area contributed by atoms with E-state index in [-0.39, 0.29) is 12.0 Å². The van der Waals surface area contributed by atoms with Crippen molar-refractivity contribution in [1.29, 1.82) is 0 Å². The maximum atomic E-state index is 11.8. The fraction of sp³-hybridized carbons (Fsp3) is 0.300. The summed E-state index contributed by atoms with van der Waals surface area (Å²) >= 11 is 5.41. The highest BCUT2D eigenvalue weighted by Gasteiger charge is 2.11. The number of aryl methyl sites for hydroxylation is 1. The minimum absolute atomic E-state index is 0.0417. The molecule has 0 aromatic heterocycles. The minimum atomic E-state index is -0.323. The number of thiocarbonyl (C=S) groups is 1. The average Bonchev–Trinajstić information content (AvgIpc) is 2.63. The van der Waals surface area contributed by atoms with Gasteiger partial charge < -0.3 is 20.1 Å². The van der Waals surface area contributed by atoms with Crippen molar-refractivity contribution in [2.24, 2.45) is 0 Å². The summed E-state index contributed by atoms with van der Waals surface area (Å²) in [5, 5.41) is 6.94. The van der Waals surface area contributed by atoms with Crippen LogP contribution in [0.3, 0.4) is 0 Å². The first-order valence-corrected chi connectivity index (χ1v) is 8.84. The number of hydrogen-bond donors (Lipinski definition) is 2. The lowest BCUT2D eigenvalue weighted by molar-refractivity contribution is 0.0526. The summed E-state index contributed by atoms with van der Waals surface area (Å²) in [6.07, 6.45) is 0. The maximum Gasteiger partial charge on any atom is 0.338 e. The lowest BCUT2D eigenvalue weighted by Crippen LogP contribution is -2.31. The summed E-state index contributed by atoms with van der Waals surface area (Å²) in [7, 11) is 1.64. The smallest absolute Gasteiger partial charge is 0.338 e. The van der Waals surface area contributed by atoms with Crippen LogP contribution in [0, 0.1) is 6.92 Å². The second-order valence-corrected chi connectivity index (χ2v) is 6.25. The molecule has 26 heavy (non-hydrogen) atoms. The molecule has 2 N–H and O–H groups in total. The Hall–Kier alpha value is -2.60. The topological polar surface area (TPSA) is 59.6 Å². The van der Waals surface area contributed by atoms with Crippen LogP contribution in [0.5, 0.6) is 5.75 Å². The fourth-order valence-corrected chi connectivity index (χ4v) is 2.76. The highest BCUT2D eigenvalue weighted by Crippen LogP contribution is 2.19. The number of hydrogen-bond acceptors (Lipinski definition) is 4. The van der Waals surface area contributed by atoms with Gasteiger partial charge in [-0.25, -0.2) is 4.79 Å². The van der Waals surface area contributed by atoms with Crippen molar-refractivity contribution in [3.05, 3.63) is 59.2 Å². The van der Waals surface area contributed by atoms with E-state index in [4.69, 9.17) is 21.7 Å². The number of methoxy groups -OCH3 is 1. The number of nitrogens with one attached hydrogen (secondary N) is 2. The molecule has 0 radical (unpaired) electrons. The van der Waals surface area contributed by atoms with Crippen LogP contribution in [0.15, 0.2) is 42.5 Å². The van der Waals surface area contributed by atoms with Crippen molar-refractivity contribution in [1.82, 2.24) is 5.32 Å². The predicted molar refractivity (Wildman–Crippen MR) is 108 cm³/mol. The first-order chi connectivity index (χ1) is 12.4. The summed E-state index contributed by atoms with van der Waals surface area (Å²) in [4.78, 5) is 11.8. The Labute approximate surface area is 159 Å². The summed E-state index contributed by atoms with van der Waals surface area (Å²) < 4.78 is 10.2. The van der Waals surface area contributed by atoms with E-state index >= 15 is 0 Å². The van der Waals surface area contributed by atoms with Crippen LogP contribution in [-0.4, -0.2) is 24.8 Å². The number of esters is 1. The molecule has 0 aliphatic carbocycles. The first kappa shape index (κ1) is 19.7. The highest BCUT2D eigenvalue weighted by molar-refractivity contribution is 7.80. The van der Waals surface area contributed by atoms with E-state index in [9.17, 15) is 4.79 Å². The summed E-state index contributed by atoms with van der Waals surface area (Å²) in [6, 6.07) is 13.2. The fourth-order valence-electron chi connectivity index (χ4n) is 2.48. The summed E-state index contributed by atoms with van der Waals surface area (Å²) in [6.45, 7) is 6.09. The highest BCUT2D eigenvalue weighted by atomic mass is 32.1. The number of carbonyl (C=O) groups excluding carboxylic acids is 1. The molecule has 2 aromatic rings. The summed E-state index contributed by atoms with van der Waals surface area (Å²) in [5.41, 5.74) is 3.39. The Morgan fingerprint density at radius 2 is 1.88 bits per heavy atom. The minimum Gasteiger partial charge on any atom is -0.497 e. The SMILES string of the molecule is CCOC(=O)c1ccc(NC(=S)N[C@H](C)c2ccc(OC)cc2)c(C)c1. The van der Waals surface area contributed by atoms with Crippen LogP contribution >= 0.6 is 12.2 Å². The van der Waals surface area contributed by atoms with Gasteiger partial charge >= 0.3 is 5.97 Å². The largest absolute Gasteiger partial charge is 0.497 e. The second-order valence-electron chi connectivity index (χ2n) is 5.84. The molecule has 0 bridgehead atoms. The number of ether oxygens (including phenoxy) is 2. The molecule has 1 atom stereocenters. The molecule has 0 aliphatic rings. The van der Waals surface area contributed by atoms with Crippen LogP contribution < -0.4 is 15.4 Å². The van der Waals surface area contributed by atoms with Crippen molar-refractivity contribution in [2.75, 3.05) is 19.0 Å². The van der Waals surface area contributed by atoms with Crippen LogP contribution in [0.4, 0.5) is 5.69 Å². The maximum absolute atomic E-state index is 11.8. The lowest BCUT2D eigenvalue weighted by atomic mass is 10.1. The zero-order valence-corrected chi connectivity index (χ0v) is 16.3. The van der Waals surface area contributed by atoms with Gasteiger partial charge in [0.15, 0.2) is 5.11 Å². The molecule has 0 heterocycles. The predicted octanol–water partition coefficient (Wildman–Crippen LogP) is 4.23. The molecule has 0 saturated heterocycles. The van der Waals surface area contributed by atoms with Crippen molar-refractivity contribution in [3.8, 4) is 5.75 Å². The van der Waals surface area contributed by atoms with Gasteiger partial charge in [0, 0.05) is 5.69 Å². The van der Waals surface area contributed by atoms with Crippen LogP contribution in [0.25, 0.3) is 0 Å². The van der Waals surface area contributed by atoms with Gasteiger partial charge in [-0.1, -0.05) is 12.1 Å². The van der Waals surface area contributed by atoms with E-state index in [2.05, 4.69) is 10.6 Å². The normalized spacial score (nSPS) is 11.4. The van der Waals surface area contributed by atoms with Crippen molar-refractivity contribution in [3.63, 3.8) is 0 Å². The molecule has 0 aliphatic heterocycles. The van der Waals surface area contributed by atoms with Gasteiger partial charge in [0.1, 0.15) is 5.75 Å². The Kier molecular flexibility index (Phi) is 6.97. The molecule has 6 heteroatoms. The Morgan fingerprint density at radius 3 is 2.46 bits per heavy atom. The number of anilines is 1. The van der Waals surface area contributed by atoms with Crippen molar-refractivity contribution in [2.45, 2.75) is 26.8 Å². The number of carbonyl (C=O) groups is 1. The van der Waals surface area contributed by atoms with E-state index in [1.54, 1.807) is 26.2 Å². The van der Waals surface area contributed by atoms with Gasteiger partial charge in [-0.15, -0.1) is 0 Å². The zero-order chi connectivity index (χ0) is 19.1. The molecule has 0 unspecified atom stereocenters. The Bertz CT molecular complexity index is 775. The molecule has 0 fully saturated rings. The molecule has 2 aromatic carbocycles. The van der Waals surface area contributed by atoms with E-state index in [1.165, 1.54) is 0 Å². The molecular formula is C20H24N2O3S. The van der Waals surface area contributed by atoms with Crippen molar-refractivity contribution < 1.29 is 14.3 Å². The molecular weight excluding hydrogens is 348 g/mol. The van der Waals surface area contributed by atoms with Crippen molar-refractivity contribution >= 4 is 29.0 Å². The summed E-state index contributed by atoms with van der Waals surface area (Å²) in [5.74, 6) is 0.495.